The summed E-state index contributed by atoms with van der Waals surface area (Å²) < 4.78 is 21.8. The molecule has 0 bridgehead atoms. The molecule has 0 saturated carbocycles. The Morgan fingerprint density at radius 3 is 1.72 bits per heavy atom. The van der Waals surface area contributed by atoms with Crippen LogP contribution in [0.15, 0.2) is 91.0 Å². The Hall–Kier alpha value is -4.05. The van der Waals surface area contributed by atoms with Crippen LogP contribution in [-0.2, 0) is 18.9 Å². The van der Waals surface area contributed by atoms with Gasteiger partial charge >= 0.3 is 17.9 Å². The van der Waals surface area contributed by atoms with Gasteiger partial charge in [0, 0.05) is 0 Å². The molecule has 3 aromatic rings. The molecule has 2 N–H and O–H groups in total. The summed E-state index contributed by atoms with van der Waals surface area (Å²) in [6, 6.07) is 24.3. The molecular formula is C27H24O9. The Morgan fingerprint density at radius 1 is 0.722 bits per heavy atom. The van der Waals surface area contributed by atoms with Crippen molar-refractivity contribution in [2.24, 2.45) is 0 Å². The highest BCUT2D eigenvalue weighted by atomic mass is 16.7. The van der Waals surface area contributed by atoms with Gasteiger partial charge < -0.3 is 29.2 Å². The summed E-state index contributed by atoms with van der Waals surface area (Å²) >= 11 is 0. The number of ether oxygens (including phenoxy) is 4. The Labute approximate surface area is 206 Å². The smallest absolute Gasteiger partial charge is 0.338 e. The van der Waals surface area contributed by atoms with Crippen LogP contribution in [0.5, 0.6) is 0 Å². The van der Waals surface area contributed by atoms with Crippen molar-refractivity contribution in [3.8, 4) is 0 Å². The van der Waals surface area contributed by atoms with Crippen molar-refractivity contribution in [2.75, 3.05) is 6.61 Å². The summed E-state index contributed by atoms with van der Waals surface area (Å²) in [5, 5.41) is 20.6. The van der Waals surface area contributed by atoms with E-state index in [4.69, 9.17) is 18.9 Å². The Bertz CT molecular complexity index is 1170. The lowest BCUT2D eigenvalue weighted by molar-refractivity contribution is -0.152. The first-order valence-electron chi connectivity index (χ1n) is 11.2. The van der Waals surface area contributed by atoms with Gasteiger partial charge in [-0.1, -0.05) is 54.6 Å². The molecule has 186 valence electrons. The van der Waals surface area contributed by atoms with E-state index in [1.807, 2.05) is 0 Å². The second-order valence-electron chi connectivity index (χ2n) is 7.99. The average Bonchev–Trinajstić information content (AvgIpc) is 3.20. The molecule has 0 spiro atoms. The summed E-state index contributed by atoms with van der Waals surface area (Å²) in [7, 11) is 0. The SMILES string of the molecule is O=C(OC[C@@H](OC(=O)c1ccccc1)[C@H]1O[C@H](O)[C@H](O)[C@H]1OC(=O)c1ccccc1)c1ccccc1. The summed E-state index contributed by atoms with van der Waals surface area (Å²) in [6.07, 6.45) is -7.45. The molecule has 0 unspecified atom stereocenters. The molecule has 1 heterocycles. The van der Waals surface area contributed by atoms with Crippen LogP contribution in [-0.4, -0.2) is 65.4 Å². The third kappa shape index (κ3) is 5.95. The molecule has 1 aliphatic rings. The Balaban J connectivity index is 1.56. The minimum Gasteiger partial charge on any atom is -0.458 e. The van der Waals surface area contributed by atoms with Crippen LogP contribution in [0.3, 0.4) is 0 Å². The maximum atomic E-state index is 12.8. The van der Waals surface area contributed by atoms with E-state index < -0.39 is 55.2 Å². The summed E-state index contributed by atoms with van der Waals surface area (Å²) in [6.45, 7) is -0.490. The number of carbonyl (C=O) groups excluding carboxylic acids is 3. The van der Waals surface area contributed by atoms with E-state index in [0.29, 0.717) is 0 Å². The van der Waals surface area contributed by atoms with E-state index in [2.05, 4.69) is 0 Å². The topological polar surface area (TPSA) is 129 Å². The normalized spacial score (nSPS) is 21.8. The number of esters is 3. The number of aliphatic hydroxyl groups is 2. The van der Waals surface area contributed by atoms with E-state index in [-0.39, 0.29) is 16.7 Å². The van der Waals surface area contributed by atoms with Crippen LogP contribution in [0.25, 0.3) is 0 Å². The number of aliphatic hydroxyl groups excluding tert-OH is 2. The van der Waals surface area contributed by atoms with Gasteiger partial charge in [-0.15, -0.1) is 0 Å². The molecule has 0 aliphatic carbocycles. The molecular weight excluding hydrogens is 468 g/mol. The van der Waals surface area contributed by atoms with Gasteiger partial charge in [-0.2, -0.15) is 0 Å². The predicted molar refractivity (Wildman–Crippen MR) is 125 cm³/mol. The summed E-state index contributed by atoms with van der Waals surface area (Å²) in [5.41, 5.74) is 0.692. The summed E-state index contributed by atoms with van der Waals surface area (Å²) in [5.74, 6) is -2.23. The molecule has 5 atom stereocenters. The maximum Gasteiger partial charge on any atom is 0.338 e. The second kappa shape index (κ2) is 11.6. The number of hydrogen-bond acceptors (Lipinski definition) is 9. The highest BCUT2D eigenvalue weighted by molar-refractivity contribution is 5.90. The van der Waals surface area contributed by atoms with E-state index in [0.717, 1.165) is 0 Å². The van der Waals surface area contributed by atoms with Crippen LogP contribution in [0.1, 0.15) is 31.1 Å². The molecule has 9 nitrogen and oxygen atoms in total. The molecule has 0 radical (unpaired) electrons. The highest BCUT2D eigenvalue weighted by Crippen LogP contribution is 2.28. The van der Waals surface area contributed by atoms with Crippen molar-refractivity contribution in [2.45, 2.75) is 30.7 Å². The van der Waals surface area contributed by atoms with Gasteiger partial charge in [0.1, 0.15) is 18.8 Å². The summed E-state index contributed by atoms with van der Waals surface area (Å²) in [4.78, 5) is 37.9. The molecule has 1 saturated heterocycles. The van der Waals surface area contributed by atoms with Crippen molar-refractivity contribution in [3.63, 3.8) is 0 Å². The van der Waals surface area contributed by atoms with Gasteiger partial charge in [0.15, 0.2) is 18.5 Å². The van der Waals surface area contributed by atoms with E-state index in [1.54, 1.807) is 66.7 Å². The highest BCUT2D eigenvalue weighted by Gasteiger charge is 2.51. The lowest BCUT2D eigenvalue weighted by Crippen LogP contribution is -2.46. The van der Waals surface area contributed by atoms with E-state index in [1.165, 1.54) is 24.3 Å². The first-order chi connectivity index (χ1) is 17.4. The Morgan fingerprint density at radius 2 is 1.19 bits per heavy atom. The third-order valence-electron chi connectivity index (χ3n) is 5.52. The fraction of sp³-hybridized carbons (Fsp3) is 0.222. The Kier molecular flexibility index (Phi) is 8.06. The zero-order chi connectivity index (χ0) is 25.5. The lowest BCUT2D eigenvalue weighted by Gasteiger charge is -2.27. The van der Waals surface area contributed by atoms with Crippen molar-refractivity contribution >= 4 is 17.9 Å². The first kappa shape index (κ1) is 25.1. The zero-order valence-corrected chi connectivity index (χ0v) is 19.0. The van der Waals surface area contributed by atoms with Gasteiger partial charge in [-0.05, 0) is 36.4 Å². The van der Waals surface area contributed by atoms with Crippen molar-refractivity contribution in [1.82, 2.24) is 0 Å². The monoisotopic (exact) mass is 492 g/mol. The standard InChI is InChI=1S/C27H24O9/c28-21-23(36-26(31)19-14-8-3-9-15-19)22(35-27(21)32)20(34-25(30)18-12-6-2-7-13-18)16-33-24(29)17-10-4-1-5-11-17/h1-15,20-23,27-28,32H,16H2/t20-,21-,22-,23-,27+/m1/s1. The van der Waals surface area contributed by atoms with Crippen LogP contribution < -0.4 is 0 Å². The largest absolute Gasteiger partial charge is 0.458 e. The first-order valence-corrected chi connectivity index (χ1v) is 11.2. The van der Waals surface area contributed by atoms with Crippen LogP contribution >= 0.6 is 0 Å². The minimum atomic E-state index is -1.73. The fourth-order valence-electron chi connectivity index (χ4n) is 3.67. The zero-order valence-electron chi connectivity index (χ0n) is 19.0. The molecule has 36 heavy (non-hydrogen) atoms. The van der Waals surface area contributed by atoms with Crippen LogP contribution in [0.4, 0.5) is 0 Å². The molecule has 4 rings (SSSR count). The van der Waals surface area contributed by atoms with Crippen molar-refractivity contribution in [3.05, 3.63) is 108 Å². The lowest BCUT2D eigenvalue weighted by atomic mass is 10.1. The number of carbonyl (C=O) groups is 3. The molecule has 0 aromatic heterocycles. The van der Waals surface area contributed by atoms with Gasteiger partial charge in [-0.3, -0.25) is 0 Å². The molecule has 1 aliphatic heterocycles. The van der Waals surface area contributed by atoms with E-state index in [9.17, 15) is 24.6 Å². The third-order valence-corrected chi connectivity index (χ3v) is 5.52. The van der Waals surface area contributed by atoms with Crippen molar-refractivity contribution < 1.29 is 43.5 Å². The predicted octanol–water partition coefficient (Wildman–Crippen LogP) is 2.37. The van der Waals surface area contributed by atoms with E-state index >= 15 is 0 Å². The van der Waals surface area contributed by atoms with Crippen LogP contribution in [0.2, 0.25) is 0 Å². The fourth-order valence-corrected chi connectivity index (χ4v) is 3.67. The average molecular weight is 492 g/mol. The minimum absolute atomic E-state index is 0.207. The van der Waals surface area contributed by atoms with Gasteiger partial charge in [0.05, 0.1) is 16.7 Å². The van der Waals surface area contributed by atoms with Gasteiger partial charge in [0.25, 0.3) is 0 Å². The number of rotatable bonds is 8. The second-order valence-corrected chi connectivity index (χ2v) is 7.99. The quantitative estimate of drug-likeness (QED) is 0.360. The van der Waals surface area contributed by atoms with Crippen molar-refractivity contribution in [1.29, 1.82) is 0 Å². The van der Waals surface area contributed by atoms with Gasteiger partial charge in [-0.25, -0.2) is 14.4 Å². The number of benzene rings is 3. The molecule has 3 aromatic carbocycles. The molecule has 9 heteroatoms. The maximum absolute atomic E-state index is 12.8. The number of hydrogen-bond donors (Lipinski definition) is 2. The van der Waals surface area contributed by atoms with Crippen LogP contribution in [0, 0.1) is 0 Å². The van der Waals surface area contributed by atoms with Gasteiger partial charge in [0.2, 0.25) is 0 Å². The molecule has 1 fully saturated rings. The molecule has 0 amide bonds.